The van der Waals surface area contributed by atoms with E-state index in [1.165, 1.54) is 5.56 Å². The minimum atomic E-state index is -1.11. The Bertz CT molecular complexity index is 917. The molecule has 0 fully saturated rings. The molecule has 0 aliphatic carbocycles. The van der Waals surface area contributed by atoms with Crippen LogP contribution in [0.1, 0.15) is 36.8 Å². The minimum Gasteiger partial charge on any atom is -0.476 e. The number of hydrogen-bond donors (Lipinski definition) is 2. The lowest BCUT2D eigenvalue weighted by atomic mass is 9.87. The topological polar surface area (TPSA) is 75.4 Å². The number of aromatic carboxylic acids is 1. The third kappa shape index (κ3) is 3.47. The van der Waals surface area contributed by atoms with Gasteiger partial charge in [-0.25, -0.2) is 9.78 Å². The summed E-state index contributed by atoms with van der Waals surface area (Å²) in [5.41, 5.74) is 3.50. The maximum Gasteiger partial charge on any atom is 0.358 e. The first-order valence-corrected chi connectivity index (χ1v) is 8.43. The van der Waals surface area contributed by atoms with Crippen LogP contribution < -0.4 is 5.32 Å². The van der Waals surface area contributed by atoms with Gasteiger partial charge in [-0.1, -0.05) is 32.9 Å². The fourth-order valence-electron chi connectivity index (χ4n) is 2.69. The summed E-state index contributed by atoms with van der Waals surface area (Å²) in [6.45, 7) is 6.42. The van der Waals surface area contributed by atoms with Crippen molar-refractivity contribution < 1.29 is 14.3 Å². The number of carboxylic acids is 1. The Morgan fingerprint density at radius 1 is 1.00 bits per heavy atom. The molecule has 2 N–H and O–H groups in total. The molecular formula is C21H22N2O3. The number of nitrogens with one attached hydrogen (secondary N) is 1. The standard InChI is InChI=1S/C21H22N2O3/c1-21(2,3)15-9-5-14(6-10-15)19-23-17(20(24)25)18(26-19)13-7-11-16(22-4)12-8-13/h5-12,22H,1-4H3,(H,24,25). The van der Waals surface area contributed by atoms with Gasteiger partial charge in [0.25, 0.3) is 0 Å². The summed E-state index contributed by atoms with van der Waals surface area (Å²) in [6.07, 6.45) is 0. The van der Waals surface area contributed by atoms with Gasteiger partial charge in [0.2, 0.25) is 5.89 Å². The summed E-state index contributed by atoms with van der Waals surface area (Å²) < 4.78 is 5.83. The second-order valence-corrected chi connectivity index (χ2v) is 7.16. The number of anilines is 1. The first-order chi connectivity index (χ1) is 12.3. The third-order valence-corrected chi connectivity index (χ3v) is 4.26. The molecule has 0 bridgehead atoms. The van der Waals surface area contributed by atoms with Crippen molar-refractivity contribution in [3.05, 3.63) is 59.8 Å². The lowest BCUT2D eigenvalue weighted by Crippen LogP contribution is -2.10. The number of aromatic nitrogens is 1. The summed E-state index contributed by atoms with van der Waals surface area (Å²) >= 11 is 0. The molecule has 1 aromatic heterocycles. The maximum absolute atomic E-state index is 11.6. The van der Waals surface area contributed by atoms with Crippen LogP contribution in [-0.2, 0) is 5.41 Å². The molecule has 5 nitrogen and oxygen atoms in total. The largest absolute Gasteiger partial charge is 0.476 e. The molecule has 0 aliphatic heterocycles. The quantitative estimate of drug-likeness (QED) is 0.689. The molecule has 3 rings (SSSR count). The number of carboxylic acid groups (broad SMARTS) is 1. The second-order valence-electron chi connectivity index (χ2n) is 7.16. The van der Waals surface area contributed by atoms with Crippen LogP contribution in [0.2, 0.25) is 0 Å². The van der Waals surface area contributed by atoms with Gasteiger partial charge >= 0.3 is 5.97 Å². The molecule has 0 spiro atoms. The predicted octanol–water partition coefficient (Wildman–Crippen LogP) is 5.05. The number of benzene rings is 2. The van der Waals surface area contributed by atoms with E-state index < -0.39 is 5.97 Å². The van der Waals surface area contributed by atoms with Crippen LogP contribution in [0.5, 0.6) is 0 Å². The van der Waals surface area contributed by atoms with Crippen molar-refractivity contribution in [2.75, 3.05) is 12.4 Å². The average Bonchev–Trinajstić information content (AvgIpc) is 3.07. The van der Waals surface area contributed by atoms with E-state index in [-0.39, 0.29) is 16.9 Å². The Labute approximate surface area is 152 Å². The van der Waals surface area contributed by atoms with Gasteiger partial charge in [0, 0.05) is 23.9 Å². The average molecular weight is 350 g/mol. The zero-order chi connectivity index (χ0) is 18.9. The van der Waals surface area contributed by atoms with Crippen LogP contribution in [-0.4, -0.2) is 23.1 Å². The fraction of sp³-hybridized carbons (Fsp3) is 0.238. The predicted molar refractivity (Wildman–Crippen MR) is 103 cm³/mol. The summed E-state index contributed by atoms with van der Waals surface area (Å²) in [4.78, 5) is 15.8. The van der Waals surface area contributed by atoms with Crippen molar-refractivity contribution in [3.8, 4) is 22.8 Å². The Kier molecular flexibility index (Phi) is 4.55. The first kappa shape index (κ1) is 17.7. The van der Waals surface area contributed by atoms with Crippen molar-refractivity contribution in [1.82, 2.24) is 4.98 Å². The summed E-state index contributed by atoms with van der Waals surface area (Å²) in [7, 11) is 1.82. The molecule has 0 radical (unpaired) electrons. The molecule has 2 aromatic carbocycles. The molecule has 0 saturated heterocycles. The normalized spacial score (nSPS) is 11.4. The molecule has 5 heteroatoms. The van der Waals surface area contributed by atoms with E-state index >= 15 is 0 Å². The lowest BCUT2D eigenvalue weighted by molar-refractivity contribution is 0.0691. The van der Waals surface area contributed by atoms with E-state index in [1.54, 1.807) is 0 Å². The van der Waals surface area contributed by atoms with Gasteiger partial charge < -0.3 is 14.8 Å². The zero-order valence-electron chi connectivity index (χ0n) is 15.3. The van der Waals surface area contributed by atoms with E-state index in [0.29, 0.717) is 11.5 Å². The zero-order valence-corrected chi connectivity index (χ0v) is 15.3. The van der Waals surface area contributed by atoms with Crippen LogP contribution in [0.25, 0.3) is 22.8 Å². The van der Waals surface area contributed by atoms with Crippen molar-refractivity contribution in [1.29, 1.82) is 0 Å². The Morgan fingerprint density at radius 2 is 1.58 bits per heavy atom. The molecule has 1 heterocycles. The maximum atomic E-state index is 11.6. The van der Waals surface area contributed by atoms with E-state index in [4.69, 9.17) is 4.42 Å². The molecule has 0 amide bonds. The van der Waals surface area contributed by atoms with Crippen LogP contribution in [0, 0.1) is 0 Å². The number of nitrogens with zero attached hydrogens (tertiary/aromatic N) is 1. The molecule has 3 aromatic rings. The molecular weight excluding hydrogens is 328 g/mol. The Morgan fingerprint density at radius 3 is 2.08 bits per heavy atom. The summed E-state index contributed by atoms with van der Waals surface area (Å²) in [5.74, 6) is -0.551. The van der Waals surface area contributed by atoms with E-state index in [1.807, 2.05) is 55.6 Å². The fourth-order valence-corrected chi connectivity index (χ4v) is 2.69. The van der Waals surface area contributed by atoms with Crippen LogP contribution in [0.4, 0.5) is 5.69 Å². The minimum absolute atomic E-state index is 0.0432. The van der Waals surface area contributed by atoms with Gasteiger partial charge in [-0.2, -0.15) is 0 Å². The van der Waals surface area contributed by atoms with Gasteiger partial charge in [0.1, 0.15) is 0 Å². The number of hydrogen-bond acceptors (Lipinski definition) is 4. The first-order valence-electron chi connectivity index (χ1n) is 8.43. The van der Waals surface area contributed by atoms with Crippen LogP contribution in [0.15, 0.2) is 52.9 Å². The van der Waals surface area contributed by atoms with E-state index in [0.717, 1.165) is 11.3 Å². The van der Waals surface area contributed by atoms with Gasteiger partial charge in [0.05, 0.1) is 0 Å². The molecule has 0 aliphatic rings. The van der Waals surface area contributed by atoms with Crippen LogP contribution >= 0.6 is 0 Å². The third-order valence-electron chi connectivity index (χ3n) is 4.26. The number of carbonyl (C=O) groups is 1. The Hall–Kier alpha value is -3.08. The molecule has 0 unspecified atom stereocenters. The van der Waals surface area contributed by atoms with Gasteiger partial charge in [-0.15, -0.1) is 0 Å². The van der Waals surface area contributed by atoms with Crippen molar-refractivity contribution in [2.45, 2.75) is 26.2 Å². The summed E-state index contributed by atoms with van der Waals surface area (Å²) in [5, 5.41) is 12.5. The highest BCUT2D eigenvalue weighted by atomic mass is 16.4. The number of oxazole rings is 1. The monoisotopic (exact) mass is 350 g/mol. The van der Waals surface area contributed by atoms with E-state index in [2.05, 4.69) is 31.1 Å². The molecule has 0 atom stereocenters. The smallest absolute Gasteiger partial charge is 0.358 e. The van der Waals surface area contributed by atoms with Crippen molar-refractivity contribution in [3.63, 3.8) is 0 Å². The van der Waals surface area contributed by atoms with Crippen LogP contribution in [0.3, 0.4) is 0 Å². The van der Waals surface area contributed by atoms with Gasteiger partial charge in [-0.05, 0) is 47.4 Å². The second kappa shape index (κ2) is 6.67. The SMILES string of the molecule is CNc1ccc(-c2oc(-c3ccc(C(C)(C)C)cc3)nc2C(=O)O)cc1. The highest BCUT2D eigenvalue weighted by molar-refractivity contribution is 5.93. The highest BCUT2D eigenvalue weighted by Gasteiger charge is 2.22. The Balaban J connectivity index is 2.03. The molecule has 134 valence electrons. The van der Waals surface area contributed by atoms with Crippen molar-refractivity contribution in [2.24, 2.45) is 0 Å². The number of rotatable bonds is 4. The molecule has 0 saturated carbocycles. The van der Waals surface area contributed by atoms with Gasteiger partial charge in [-0.3, -0.25) is 0 Å². The molecule has 26 heavy (non-hydrogen) atoms. The van der Waals surface area contributed by atoms with Gasteiger partial charge in [0.15, 0.2) is 11.5 Å². The summed E-state index contributed by atoms with van der Waals surface area (Å²) in [6, 6.07) is 15.2. The van der Waals surface area contributed by atoms with Crippen molar-refractivity contribution >= 4 is 11.7 Å². The lowest BCUT2D eigenvalue weighted by Gasteiger charge is -2.18. The van der Waals surface area contributed by atoms with E-state index in [9.17, 15) is 9.90 Å². The highest BCUT2D eigenvalue weighted by Crippen LogP contribution is 2.32.